The summed E-state index contributed by atoms with van der Waals surface area (Å²) < 4.78 is 31.7. The predicted octanol–water partition coefficient (Wildman–Crippen LogP) is 5.41. The SMILES string of the molecule is Cc1nc(-c2cc(-c3cncc(C(=O)N4CCC(c5ccccc5)C4)c3)ccn2)[nH]c1C.O=C(O)C(F)(F)F. The number of hydrogen-bond donors (Lipinski definition) is 2. The lowest BCUT2D eigenvalue weighted by molar-refractivity contribution is -0.192. The molecule has 11 heteroatoms. The fourth-order valence-electron chi connectivity index (χ4n) is 4.25. The summed E-state index contributed by atoms with van der Waals surface area (Å²) in [5, 5.41) is 7.12. The number of amides is 1. The van der Waals surface area contributed by atoms with Gasteiger partial charge >= 0.3 is 12.1 Å². The second-order valence-corrected chi connectivity index (χ2v) is 9.14. The van der Waals surface area contributed by atoms with Gasteiger partial charge in [-0.05, 0) is 49.6 Å². The Morgan fingerprint density at radius 2 is 1.77 bits per heavy atom. The van der Waals surface area contributed by atoms with Crippen LogP contribution in [0, 0.1) is 13.8 Å². The number of rotatable bonds is 4. The van der Waals surface area contributed by atoms with E-state index in [2.05, 4.69) is 44.2 Å². The molecule has 1 unspecified atom stereocenters. The van der Waals surface area contributed by atoms with Gasteiger partial charge in [0.1, 0.15) is 5.69 Å². The van der Waals surface area contributed by atoms with Crippen LogP contribution in [0.2, 0.25) is 0 Å². The number of likely N-dealkylation sites (tertiary alicyclic amines) is 1. The van der Waals surface area contributed by atoms with Gasteiger partial charge < -0.3 is 15.0 Å². The molecule has 1 fully saturated rings. The zero-order valence-electron chi connectivity index (χ0n) is 21.2. The Labute approximate surface area is 222 Å². The topological polar surface area (TPSA) is 112 Å². The quantitative estimate of drug-likeness (QED) is 0.360. The molecule has 1 amide bonds. The van der Waals surface area contributed by atoms with E-state index in [0.717, 1.165) is 53.5 Å². The second-order valence-electron chi connectivity index (χ2n) is 9.14. The smallest absolute Gasteiger partial charge is 0.475 e. The van der Waals surface area contributed by atoms with E-state index in [0.29, 0.717) is 11.5 Å². The third kappa shape index (κ3) is 6.67. The number of aromatic amines is 1. The number of pyridine rings is 2. The number of hydrogen-bond acceptors (Lipinski definition) is 5. The number of carboxylic acids is 1. The van der Waals surface area contributed by atoms with Crippen LogP contribution >= 0.6 is 0 Å². The Morgan fingerprint density at radius 1 is 1.05 bits per heavy atom. The van der Waals surface area contributed by atoms with Gasteiger partial charge in [-0.3, -0.25) is 14.8 Å². The fraction of sp³-hybridized carbons (Fsp3) is 0.250. The van der Waals surface area contributed by atoms with Crippen molar-refractivity contribution in [1.29, 1.82) is 0 Å². The second kappa shape index (κ2) is 11.5. The number of aryl methyl sites for hydroxylation is 2. The third-order valence-electron chi connectivity index (χ3n) is 6.44. The van der Waals surface area contributed by atoms with Crippen LogP contribution in [-0.4, -0.2) is 61.1 Å². The number of alkyl halides is 3. The van der Waals surface area contributed by atoms with Gasteiger partial charge in [-0.1, -0.05) is 30.3 Å². The molecule has 1 atom stereocenters. The largest absolute Gasteiger partial charge is 0.490 e. The summed E-state index contributed by atoms with van der Waals surface area (Å²) in [5.74, 6) is -1.60. The van der Waals surface area contributed by atoms with Gasteiger partial charge in [0.05, 0.1) is 11.3 Å². The molecule has 0 spiro atoms. The van der Waals surface area contributed by atoms with Gasteiger partial charge in [0.25, 0.3) is 5.91 Å². The molecule has 5 rings (SSSR count). The normalized spacial score (nSPS) is 15.0. The maximum absolute atomic E-state index is 13.2. The van der Waals surface area contributed by atoms with Gasteiger partial charge in [-0.15, -0.1) is 0 Å². The lowest BCUT2D eigenvalue weighted by Crippen LogP contribution is -2.28. The summed E-state index contributed by atoms with van der Waals surface area (Å²) in [5.41, 5.74) is 6.50. The van der Waals surface area contributed by atoms with E-state index < -0.39 is 12.1 Å². The summed E-state index contributed by atoms with van der Waals surface area (Å²) in [7, 11) is 0. The number of halogens is 3. The number of aromatic nitrogens is 4. The first-order valence-electron chi connectivity index (χ1n) is 12.1. The van der Waals surface area contributed by atoms with Gasteiger partial charge in [0.2, 0.25) is 0 Å². The minimum absolute atomic E-state index is 0.0318. The van der Waals surface area contributed by atoms with Crippen molar-refractivity contribution in [2.24, 2.45) is 0 Å². The lowest BCUT2D eigenvalue weighted by Gasteiger charge is -2.17. The molecule has 1 aliphatic rings. The van der Waals surface area contributed by atoms with Crippen LogP contribution < -0.4 is 0 Å². The molecule has 39 heavy (non-hydrogen) atoms. The first-order chi connectivity index (χ1) is 18.5. The highest BCUT2D eigenvalue weighted by Gasteiger charge is 2.38. The van der Waals surface area contributed by atoms with E-state index >= 15 is 0 Å². The highest BCUT2D eigenvalue weighted by Crippen LogP contribution is 2.29. The van der Waals surface area contributed by atoms with E-state index in [1.54, 1.807) is 18.6 Å². The lowest BCUT2D eigenvalue weighted by atomic mass is 9.99. The summed E-state index contributed by atoms with van der Waals surface area (Å²) in [4.78, 5) is 40.7. The zero-order valence-corrected chi connectivity index (χ0v) is 21.2. The first-order valence-corrected chi connectivity index (χ1v) is 12.1. The molecule has 3 aromatic heterocycles. The zero-order chi connectivity index (χ0) is 28.2. The maximum Gasteiger partial charge on any atom is 0.490 e. The molecule has 0 saturated carbocycles. The molecule has 0 radical (unpaired) electrons. The van der Waals surface area contributed by atoms with Crippen molar-refractivity contribution in [2.45, 2.75) is 32.4 Å². The van der Waals surface area contributed by atoms with Crippen LogP contribution in [-0.2, 0) is 4.79 Å². The fourth-order valence-corrected chi connectivity index (χ4v) is 4.25. The van der Waals surface area contributed by atoms with E-state index in [-0.39, 0.29) is 5.91 Å². The van der Waals surface area contributed by atoms with Crippen LogP contribution in [0.15, 0.2) is 67.1 Å². The summed E-state index contributed by atoms with van der Waals surface area (Å²) in [6.07, 6.45) is 1.10. The molecule has 0 aliphatic carbocycles. The molecule has 2 N–H and O–H groups in total. The number of benzene rings is 1. The van der Waals surface area contributed by atoms with Crippen molar-refractivity contribution in [2.75, 3.05) is 13.1 Å². The predicted molar refractivity (Wildman–Crippen MR) is 138 cm³/mol. The molecule has 1 aliphatic heterocycles. The summed E-state index contributed by atoms with van der Waals surface area (Å²) in [6.45, 7) is 5.47. The van der Waals surface area contributed by atoms with Crippen LogP contribution in [0.3, 0.4) is 0 Å². The molecule has 4 aromatic rings. The van der Waals surface area contributed by atoms with E-state index in [4.69, 9.17) is 9.90 Å². The molecular formula is C28H26F3N5O3. The van der Waals surface area contributed by atoms with Crippen molar-refractivity contribution < 1.29 is 27.9 Å². The van der Waals surface area contributed by atoms with Crippen molar-refractivity contribution in [3.05, 3.63) is 89.6 Å². The molecule has 1 saturated heterocycles. The van der Waals surface area contributed by atoms with Gasteiger partial charge in [0.15, 0.2) is 5.82 Å². The summed E-state index contributed by atoms with van der Waals surface area (Å²) >= 11 is 0. The van der Waals surface area contributed by atoms with E-state index in [1.807, 2.05) is 43.0 Å². The minimum atomic E-state index is -5.08. The van der Waals surface area contributed by atoms with Crippen LogP contribution in [0.25, 0.3) is 22.6 Å². The van der Waals surface area contributed by atoms with Gasteiger partial charge in [-0.25, -0.2) is 9.78 Å². The van der Waals surface area contributed by atoms with Crippen molar-refractivity contribution in [3.8, 4) is 22.6 Å². The molecule has 4 heterocycles. The number of carboxylic acid groups (broad SMARTS) is 1. The van der Waals surface area contributed by atoms with Crippen molar-refractivity contribution in [3.63, 3.8) is 0 Å². The monoisotopic (exact) mass is 537 g/mol. The average Bonchev–Trinajstić information content (AvgIpc) is 3.56. The number of carbonyl (C=O) groups excluding carboxylic acids is 1. The number of nitrogens with zero attached hydrogens (tertiary/aromatic N) is 4. The summed E-state index contributed by atoms with van der Waals surface area (Å²) in [6, 6.07) is 16.2. The molecular weight excluding hydrogens is 511 g/mol. The highest BCUT2D eigenvalue weighted by atomic mass is 19.4. The Bertz CT molecular complexity index is 1450. The number of carbonyl (C=O) groups is 2. The number of nitrogens with one attached hydrogen (secondary N) is 1. The van der Waals surface area contributed by atoms with Gasteiger partial charge in [-0.2, -0.15) is 13.2 Å². The molecule has 8 nitrogen and oxygen atoms in total. The Balaban J connectivity index is 0.000000448. The van der Waals surface area contributed by atoms with E-state index in [1.165, 1.54) is 5.56 Å². The molecule has 1 aromatic carbocycles. The Hall–Kier alpha value is -4.54. The minimum Gasteiger partial charge on any atom is -0.475 e. The third-order valence-corrected chi connectivity index (χ3v) is 6.44. The standard InChI is InChI=1S/C26H25N5O.C2HF3O2/c1-17-18(2)30-25(29-17)24-13-20(8-10-28-24)22-12-23(15-27-14-22)26(32)31-11-9-21(16-31)19-6-4-3-5-7-19;3-2(4,5)1(6)7/h3-8,10,12-15,21H,9,11,16H2,1-2H3,(H,29,30);(H,6,7). The average molecular weight is 538 g/mol. The number of aliphatic carboxylic acids is 1. The number of imidazole rings is 1. The van der Waals surface area contributed by atoms with Gasteiger partial charge in [0, 0.05) is 48.9 Å². The Kier molecular flexibility index (Phi) is 8.08. The van der Waals surface area contributed by atoms with Crippen LogP contribution in [0.1, 0.15) is 39.6 Å². The Morgan fingerprint density at radius 3 is 2.41 bits per heavy atom. The van der Waals surface area contributed by atoms with Crippen molar-refractivity contribution in [1.82, 2.24) is 24.8 Å². The first kappa shape index (κ1) is 27.5. The van der Waals surface area contributed by atoms with Crippen LogP contribution in [0.4, 0.5) is 13.2 Å². The molecule has 202 valence electrons. The van der Waals surface area contributed by atoms with E-state index in [9.17, 15) is 18.0 Å². The van der Waals surface area contributed by atoms with Crippen molar-refractivity contribution >= 4 is 11.9 Å². The maximum atomic E-state index is 13.2. The molecule has 0 bridgehead atoms. The number of H-pyrrole nitrogens is 1. The van der Waals surface area contributed by atoms with Crippen LogP contribution in [0.5, 0.6) is 0 Å². The highest BCUT2D eigenvalue weighted by molar-refractivity contribution is 5.95.